The van der Waals surface area contributed by atoms with Gasteiger partial charge in [-0.1, -0.05) is 18.2 Å². The molecular formula is C26H29F2N5. The summed E-state index contributed by atoms with van der Waals surface area (Å²) in [5.41, 5.74) is 1.69. The van der Waals surface area contributed by atoms with Gasteiger partial charge in [-0.3, -0.25) is 4.57 Å². The quantitative estimate of drug-likeness (QED) is 0.372. The molecule has 0 radical (unpaired) electrons. The number of fused-ring (bicyclic) bond motifs is 1. The first-order valence-electron chi connectivity index (χ1n) is 11.7. The molecule has 2 aromatic heterocycles. The molecule has 0 N–H and O–H groups in total. The van der Waals surface area contributed by atoms with Crippen molar-refractivity contribution >= 4 is 10.9 Å². The van der Waals surface area contributed by atoms with E-state index >= 15 is 4.39 Å². The number of likely N-dealkylation sites (tertiary alicyclic amines) is 1. The molecule has 0 spiro atoms. The first-order chi connectivity index (χ1) is 16.1. The molecule has 1 aliphatic rings. The maximum absolute atomic E-state index is 15.3. The van der Waals surface area contributed by atoms with Crippen LogP contribution >= 0.6 is 0 Å². The molecule has 1 fully saturated rings. The van der Waals surface area contributed by atoms with Crippen LogP contribution in [0.15, 0.2) is 67.4 Å². The number of alkyl halides is 1. The second kappa shape index (κ2) is 9.43. The Bertz CT molecular complexity index is 1190. The van der Waals surface area contributed by atoms with Crippen molar-refractivity contribution in [3.8, 4) is 5.69 Å². The average molecular weight is 450 g/mol. The van der Waals surface area contributed by atoms with Crippen molar-refractivity contribution in [3.63, 3.8) is 0 Å². The van der Waals surface area contributed by atoms with Crippen LogP contribution in [0.4, 0.5) is 8.78 Å². The summed E-state index contributed by atoms with van der Waals surface area (Å²) in [6.45, 7) is 3.42. The summed E-state index contributed by atoms with van der Waals surface area (Å²) in [5.74, 6) is -0.231. The number of hydrogen-bond acceptors (Lipinski definition) is 3. The third kappa shape index (κ3) is 4.98. The summed E-state index contributed by atoms with van der Waals surface area (Å²) in [4.78, 5) is 2.36. The van der Waals surface area contributed by atoms with Gasteiger partial charge in [0.05, 0.1) is 0 Å². The lowest BCUT2D eigenvalue weighted by atomic mass is 9.87. The smallest absolute Gasteiger partial charge is 0.126 e. The maximum Gasteiger partial charge on any atom is 0.126 e. The SMILES string of the molecule is Fc1ccccc1CCC1(F)CCN(CCCn2ccc3cc(-n4cnnc4)ccc32)CC1. The number of aryl methyl sites for hydroxylation is 2. The Morgan fingerprint density at radius 3 is 2.52 bits per heavy atom. The Hall–Kier alpha value is -3.06. The fraction of sp³-hybridized carbons (Fsp3) is 0.385. The normalized spacial score (nSPS) is 16.4. The second-order valence-electron chi connectivity index (χ2n) is 9.06. The fourth-order valence-electron chi connectivity index (χ4n) is 4.83. The Morgan fingerprint density at radius 2 is 1.73 bits per heavy atom. The first kappa shape index (κ1) is 21.8. The van der Waals surface area contributed by atoms with Gasteiger partial charge in [0, 0.05) is 42.4 Å². The highest BCUT2D eigenvalue weighted by molar-refractivity contribution is 5.82. The van der Waals surface area contributed by atoms with Crippen molar-refractivity contribution in [2.24, 2.45) is 0 Å². The van der Waals surface area contributed by atoms with Gasteiger partial charge in [0.2, 0.25) is 0 Å². The number of hydrogen-bond donors (Lipinski definition) is 0. The molecule has 1 aliphatic heterocycles. The van der Waals surface area contributed by atoms with Crippen LogP contribution in [0.3, 0.4) is 0 Å². The number of benzene rings is 2. The largest absolute Gasteiger partial charge is 0.347 e. The lowest BCUT2D eigenvalue weighted by molar-refractivity contribution is 0.0502. The molecule has 4 aromatic rings. The highest BCUT2D eigenvalue weighted by Crippen LogP contribution is 2.32. The van der Waals surface area contributed by atoms with Gasteiger partial charge >= 0.3 is 0 Å². The number of piperidine rings is 1. The zero-order valence-electron chi connectivity index (χ0n) is 18.7. The molecule has 0 amide bonds. The Labute approximate surface area is 192 Å². The summed E-state index contributed by atoms with van der Waals surface area (Å²) in [6.07, 6.45) is 8.46. The first-order valence-corrected chi connectivity index (χ1v) is 11.7. The molecule has 2 aromatic carbocycles. The molecule has 5 rings (SSSR count). The van der Waals surface area contributed by atoms with Gasteiger partial charge in [-0.15, -0.1) is 10.2 Å². The molecular weight excluding hydrogens is 420 g/mol. The topological polar surface area (TPSA) is 38.9 Å². The number of nitrogens with zero attached hydrogens (tertiary/aromatic N) is 5. The Balaban J connectivity index is 1.10. The van der Waals surface area contributed by atoms with Crippen LogP contribution in [-0.4, -0.2) is 49.5 Å². The Morgan fingerprint density at radius 1 is 0.939 bits per heavy atom. The zero-order valence-corrected chi connectivity index (χ0v) is 18.7. The Kier molecular flexibility index (Phi) is 6.22. The minimum atomic E-state index is -1.18. The molecule has 5 nitrogen and oxygen atoms in total. The molecule has 172 valence electrons. The predicted octanol–water partition coefficient (Wildman–Crippen LogP) is 5.19. The third-order valence-electron chi connectivity index (χ3n) is 6.90. The van der Waals surface area contributed by atoms with E-state index in [-0.39, 0.29) is 5.82 Å². The maximum atomic E-state index is 15.3. The number of rotatable bonds is 8. The summed E-state index contributed by atoms with van der Waals surface area (Å²) >= 11 is 0. The van der Waals surface area contributed by atoms with Crippen LogP contribution in [0.25, 0.3) is 16.6 Å². The van der Waals surface area contributed by atoms with Gasteiger partial charge < -0.3 is 9.47 Å². The molecule has 3 heterocycles. The van der Waals surface area contributed by atoms with Gasteiger partial charge in [-0.05, 0) is 74.5 Å². The van der Waals surface area contributed by atoms with E-state index in [1.807, 2.05) is 10.6 Å². The number of aromatic nitrogens is 4. The molecule has 0 saturated carbocycles. The van der Waals surface area contributed by atoms with E-state index in [2.05, 4.69) is 50.1 Å². The van der Waals surface area contributed by atoms with E-state index < -0.39 is 5.67 Å². The van der Waals surface area contributed by atoms with Crippen LogP contribution < -0.4 is 0 Å². The van der Waals surface area contributed by atoms with E-state index in [4.69, 9.17) is 0 Å². The third-order valence-corrected chi connectivity index (χ3v) is 6.90. The zero-order chi connectivity index (χ0) is 22.7. The van der Waals surface area contributed by atoms with Crippen LogP contribution in [0.2, 0.25) is 0 Å². The van der Waals surface area contributed by atoms with E-state index in [1.54, 1.807) is 24.8 Å². The van der Waals surface area contributed by atoms with Crippen molar-refractivity contribution in [3.05, 3.63) is 78.8 Å². The van der Waals surface area contributed by atoms with Crippen molar-refractivity contribution < 1.29 is 8.78 Å². The predicted molar refractivity (Wildman–Crippen MR) is 126 cm³/mol. The number of halogens is 2. The van der Waals surface area contributed by atoms with Crippen molar-refractivity contribution in [2.45, 2.75) is 44.3 Å². The molecule has 0 unspecified atom stereocenters. The van der Waals surface area contributed by atoms with Gasteiger partial charge in [0.1, 0.15) is 24.1 Å². The van der Waals surface area contributed by atoms with Gasteiger partial charge in [0.15, 0.2) is 0 Å². The van der Waals surface area contributed by atoms with E-state index in [9.17, 15) is 4.39 Å². The second-order valence-corrected chi connectivity index (χ2v) is 9.06. The summed E-state index contributed by atoms with van der Waals surface area (Å²) in [6, 6.07) is 15.2. The summed E-state index contributed by atoms with van der Waals surface area (Å²) in [5, 5.41) is 8.93. The summed E-state index contributed by atoms with van der Waals surface area (Å²) < 4.78 is 33.3. The molecule has 0 bridgehead atoms. The van der Waals surface area contributed by atoms with Crippen molar-refractivity contribution in [1.29, 1.82) is 0 Å². The molecule has 0 atom stereocenters. The van der Waals surface area contributed by atoms with Crippen LogP contribution in [-0.2, 0) is 13.0 Å². The molecule has 1 saturated heterocycles. The van der Waals surface area contributed by atoms with E-state index in [1.165, 1.54) is 17.0 Å². The standard InChI is InChI=1S/C26H29F2N5/c27-24-5-2-1-4-21(24)8-10-26(28)11-16-31(17-12-26)13-3-14-32-15-9-22-18-23(6-7-25(22)32)33-19-29-30-20-33/h1-2,4-7,9,15,18-20H,3,8,10-14,16-17H2. The minimum absolute atomic E-state index is 0.231. The van der Waals surface area contributed by atoms with Crippen molar-refractivity contribution in [1.82, 2.24) is 24.2 Å². The van der Waals surface area contributed by atoms with Crippen LogP contribution in [0.5, 0.6) is 0 Å². The highest BCUT2D eigenvalue weighted by Gasteiger charge is 2.34. The lowest BCUT2D eigenvalue weighted by Gasteiger charge is -2.36. The van der Waals surface area contributed by atoms with Gasteiger partial charge in [0.25, 0.3) is 0 Å². The molecule has 33 heavy (non-hydrogen) atoms. The van der Waals surface area contributed by atoms with Crippen LogP contribution in [0.1, 0.15) is 31.2 Å². The minimum Gasteiger partial charge on any atom is -0.347 e. The molecule has 0 aliphatic carbocycles. The monoisotopic (exact) mass is 449 g/mol. The van der Waals surface area contributed by atoms with Gasteiger partial charge in [-0.25, -0.2) is 8.78 Å². The van der Waals surface area contributed by atoms with E-state index in [0.29, 0.717) is 31.2 Å². The average Bonchev–Trinajstić information content (AvgIpc) is 3.50. The molecule has 7 heteroatoms. The van der Waals surface area contributed by atoms with Crippen molar-refractivity contribution in [2.75, 3.05) is 19.6 Å². The van der Waals surface area contributed by atoms with E-state index in [0.717, 1.165) is 38.3 Å². The lowest BCUT2D eigenvalue weighted by Crippen LogP contribution is -2.42. The highest BCUT2D eigenvalue weighted by atomic mass is 19.1. The fourth-order valence-corrected chi connectivity index (χ4v) is 4.83. The summed E-state index contributed by atoms with van der Waals surface area (Å²) in [7, 11) is 0. The van der Waals surface area contributed by atoms with Gasteiger partial charge in [-0.2, -0.15) is 0 Å². The van der Waals surface area contributed by atoms with Crippen LogP contribution in [0, 0.1) is 5.82 Å².